The van der Waals surface area contributed by atoms with Gasteiger partial charge in [0.15, 0.2) is 0 Å². The molecule has 4 fully saturated rings. The zero-order valence-electron chi connectivity index (χ0n) is 24.6. The average Bonchev–Trinajstić information content (AvgIpc) is 2.80. The summed E-state index contributed by atoms with van der Waals surface area (Å²) in [7, 11) is 3.74. The molecule has 2 N–H and O–H groups in total. The van der Waals surface area contributed by atoms with Crippen LogP contribution in [0.3, 0.4) is 0 Å². The van der Waals surface area contributed by atoms with Gasteiger partial charge < -0.3 is 19.7 Å². The van der Waals surface area contributed by atoms with E-state index in [2.05, 4.69) is 54.5 Å². The summed E-state index contributed by atoms with van der Waals surface area (Å²) in [4.78, 5) is 0. The molecule has 2 unspecified atom stereocenters. The van der Waals surface area contributed by atoms with E-state index in [0.29, 0.717) is 17.8 Å². The number of allylic oxidation sites excluding steroid dienone is 2. The molecule has 0 aromatic heterocycles. The largest absolute Gasteiger partial charge is 0.390 e. The zero-order valence-corrected chi connectivity index (χ0v) is 24.6. The summed E-state index contributed by atoms with van der Waals surface area (Å²) < 4.78 is 11.9. The Hall–Kier alpha value is -0.420. The van der Waals surface area contributed by atoms with Crippen molar-refractivity contribution >= 4 is 0 Å². The van der Waals surface area contributed by atoms with E-state index < -0.39 is 12.2 Å². The molecule has 0 aromatic carbocycles. The van der Waals surface area contributed by atoms with Crippen LogP contribution in [0.15, 0.2) is 11.6 Å². The molecule has 0 spiro atoms. The van der Waals surface area contributed by atoms with Gasteiger partial charge in [-0.1, -0.05) is 60.1 Å². The van der Waals surface area contributed by atoms with Crippen LogP contribution in [0.4, 0.5) is 0 Å². The van der Waals surface area contributed by atoms with Crippen LogP contribution in [0.2, 0.25) is 0 Å². The van der Waals surface area contributed by atoms with Gasteiger partial charge in [-0.05, 0) is 90.8 Å². The lowest BCUT2D eigenvalue weighted by molar-refractivity contribution is -0.230. The predicted molar refractivity (Wildman–Crippen MR) is 144 cm³/mol. The molecule has 0 bridgehead atoms. The molecular weight excluding hydrogens is 448 g/mol. The van der Waals surface area contributed by atoms with E-state index >= 15 is 0 Å². The molecule has 0 saturated heterocycles. The predicted octanol–water partition coefficient (Wildman–Crippen LogP) is 6.39. The van der Waals surface area contributed by atoms with Crippen molar-refractivity contribution in [1.29, 1.82) is 0 Å². The number of fused-ring (bicyclic) bond motifs is 7. The number of aliphatic hydroxyl groups excluding tert-OH is 2. The Bertz CT molecular complexity index is 912. The SMILES string of the molecule is COC[C@]1(C)C2CC[C@]3(C)C(CC=C4[C@@H]5CC(C)(C)[C@@H](O)[C@@H](O)[C@]5(C)CC[C@]43C)[C@@]2(C)CC[C@@H]1OC. The Morgan fingerprint density at radius 3 is 2.17 bits per heavy atom. The first kappa shape index (κ1) is 27.2. The first-order chi connectivity index (χ1) is 16.7. The third-order valence-corrected chi connectivity index (χ3v) is 13.8. The molecule has 0 amide bonds. The van der Waals surface area contributed by atoms with Crippen LogP contribution in [0, 0.1) is 50.2 Å². The van der Waals surface area contributed by atoms with Gasteiger partial charge in [0.2, 0.25) is 0 Å². The Morgan fingerprint density at radius 2 is 1.53 bits per heavy atom. The number of methoxy groups -OCH3 is 2. The summed E-state index contributed by atoms with van der Waals surface area (Å²) in [5.41, 5.74) is 1.79. The fourth-order valence-electron chi connectivity index (χ4n) is 11.4. The molecule has 5 aliphatic rings. The quantitative estimate of drug-likeness (QED) is 0.439. The number of hydrogen-bond donors (Lipinski definition) is 2. The normalized spacial score (nSPS) is 56.0. The Kier molecular flexibility index (Phi) is 6.25. The molecule has 5 rings (SSSR count). The van der Waals surface area contributed by atoms with Crippen LogP contribution < -0.4 is 0 Å². The first-order valence-corrected chi connectivity index (χ1v) is 14.7. The van der Waals surface area contributed by atoms with Gasteiger partial charge in [-0.2, -0.15) is 0 Å². The van der Waals surface area contributed by atoms with Crippen LogP contribution in [0.1, 0.15) is 99.8 Å². The molecule has 0 aromatic rings. The highest BCUT2D eigenvalue weighted by molar-refractivity contribution is 5.34. The Morgan fingerprint density at radius 1 is 0.833 bits per heavy atom. The summed E-state index contributed by atoms with van der Waals surface area (Å²) in [6.07, 6.45) is 10.6. The van der Waals surface area contributed by atoms with E-state index in [-0.39, 0.29) is 38.6 Å². The van der Waals surface area contributed by atoms with Crippen LogP contribution >= 0.6 is 0 Å². The van der Waals surface area contributed by atoms with Gasteiger partial charge in [0.25, 0.3) is 0 Å². The molecular formula is C32H54O4. The summed E-state index contributed by atoms with van der Waals surface area (Å²) >= 11 is 0. The minimum atomic E-state index is -0.658. The van der Waals surface area contributed by atoms with Crippen molar-refractivity contribution in [3.05, 3.63) is 11.6 Å². The van der Waals surface area contributed by atoms with Crippen molar-refractivity contribution in [2.75, 3.05) is 20.8 Å². The number of aliphatic hydroxyl groups is 2. The minimum Gasteiger partial charge on any atom is -0.390 e. The fourth-order valence-corrected chi connectivity index (χ4v) is 11.4. The maximum absolute atomic E-state index is 11.4. The summed E-state index contributed by atoms with van der Waals surface area (Å²) in [6, 6.07) is 0. The molecule has 4 heteroatoms. The lowest BCUT2D eigenvalue weighted by atomic mass is 9.33. The Balaban J connectivity index is 1.57. The molecule has 36 heavy (non-hydrogen) atoms. The van der Waals surface area contributed by atoms with Gasteiger partial charge in [-0.25, -0.2) is 0 Å². The van der Waals surface area contributed by atoms with Crippen LogP contribution in [-0.4, -0.2) is 49.4 Å². The second-order valence-corrected chi connectivity index (χ2v) is 15.6. The van der Waals surface area contributed by atoms with Gasteiger partial charge in [-0.15, -0.1) is 0 Å². The van der Waals surface area contributed by atoms with Gasteiger partial charge in [0, 0.05) is 25.0 Å². The average molecular weight is 503 g/mol. The summed E-state index contributed by atoms with van der Waals surface area (Å²) in [5, 5.41) is 22.4. The second-order valence-electron chi connectivity index (χ2n) is 15.6. The highest BCUT2D eigenvalue weighted by Gasteiger charge is 2.69. The van der Waals surface area contributed by atoms with Crippen LogP contribution in [0.25, 0.3) is 0 Å². The van der Waals surface area contributed by atoms with E-state index in [1.54, 1.807) is 5.57 Å². The Labute approximate surface area is 220 Å². The van der Waals surface area contributed by atoms with E-state index in [1.165, 1.54) is 19.3 Å². The van der Waals surface area contributed by atoms with Crippen LogP contribution in [-0.2, 0) is 9.47 Å². The lowest BCUT2D eigenvalue weighted by Crippen LogP contribution is -2.67. The first-order valence-electron chi connectivity index (χ1n) is 14.7. The van der Waals surface area contributed by atoms with Crippen molar-refractivity contribution in [2.45, 2.75) is 118 Å². The van der Waals surface area contributed by atoms with E-state index in [1.807, 2.05) is 14.2 Å². The highest BCUT2D eigenvalue weighted by atomic mass is 16.5. The molecule has 0 aliphatic heterocycles. The van der Waals surface area contributed by atoms with Gasteiger partial charge in [-0.3, -0.25) is 0 Å². The number of rotatable bonds is 3. The van der Waals surface area contributed by atoms with E-state index in [9.17, 15) is 10.2 Å². The lowest BCUT2D eigenvalue weighted by Gasteiger charge is -2.72. The summed E-state index contributed by atoms with van der Waals surface area (Å²) in [6.45, 7) is 17.6. The summed E-state index contributed by atoms with van der Waals surface area (Å²) in [5.74, 6) is 1.58. The maximum Gasteiger partial charge on any atom is 0.0863 e. The molecule has 5 aliphatic carbocycles. The second kappa shape index (κ2) is 8.29. The molecule has 4 nitrogen and oxygen atoms in total. The fraction of sp³-hybridized carbons (Fsp3) is 0.938. The van der Waals surface area contributed by atoms with Crippen molar-refractivity contribution in [2.24, 2.45) is 50.2 Å². The van der Waals surface area contributed by atoms with Crippen molar-refractivity contribution < 1.29 is 19.7 Å². The van der Waals surface area contributed by atoms with E-state index in [4.69, 9.17) is 9.47 Å². The van der Waals surface area contributed by atoms with Crippen LogP contribution in [0.5, 0.6) is 0 Å². The minimum absolute atomic E-state index is 0.0432. The van der Waals surface area contributed by atoms with Gasteiger partial charge in [0.05, 0.1) is 24.9 Å². The standard InChI is InChI=1S/C32H54O4/c1-27(2)18-21-20-10-11-23-29(4)14-13-24(36-9)30(5,19-35-8)22(29)12-15-32(23,7)31(20,6)17-16-28(21,3)26(34)25(27)33/h10,21-26,33-34H,11-19H2,1-9H3/t21-,22?,23?,24-,25-,26+,28+,29-,30+,31+,32+/m0/s1. The molecule has 206 valence electrons. The smallest absolute Gasteiger partial charge is 0.0863 e. The van der Waals surface area contributed by atoms with Gasteiger partial charge in [0.1, 0.15) is 0 Å². The molecule has 11 atom stereocenters. The topological polar surface area (TPSA) is 58.9 Å². The van der Waals surface area contributed by atoms with Crippen molar-refractivity contribution in [3.8, 4) is 0 Å². The third kappa shape index (κ3) is 3.20. The molecule has 0 radical (unpaired) electrons. The number of hydrogen-bond acceptors (Lipinski definition) is 4. The maximum atomic E-state index is 11.4. The van der Waals surface area contributed by atoms with Gasteiger partial charge >= 0.3 is 0 Å². The highest BCUT2D eigenvalue weighted by Crippen LogP contribution is 2.75. The number of ether oxygens (including phenoxy) is 2. The van der Waals surface area contributed by atoms with E-state index in [0.717, 1.165) is 38.7 Å². The van der Waals surface area contributed by atoms with Crippen molar-refractivity contribution in [1.82, 2.24) is 0 Å². The monoisotopic (exact) mass is 502 g/mol. The molecule has 0 heterocycles. The third-order valence-electron chi connectivity index (χ3n) is 13.8. The zero-order chi connectivity index (χ0) is 26.5. The van der Waals surface area contributed by atoms with Crippen molar-refractivity contribution in [3.63, 3.8) is 0 Å². The molecule has 4 saturated carbocycles.